The number of rotatable bonds is 5. The molecule has 22 heavy (non-hydrogen) atoms. The maximum atomic E-state index is 12.0. The Morgan fingerprint density at radius 3 is 2.59 bits per heavy atom. The first-order chi connectivity index (χ1) is 10.5. The predicted molar refractivity (Wildman–Crippen MR) is 88.0 cm³/mol. The number of hydrogen-bond acceptors (Lipinski definition) is 3. The van der Waals surface area contributed by atoms with E-state index < -0.39 is 5.91 Å². The summed E-state index contributed by atoms with van der Waals surface area (Å²) in [5, 5.41) is 6.43. The average molecular weight is 324 g/mol. The lowest BCUT2D eigenvalue weighted by Gasteiger charge is -2.27. The lowest BCUT2D eigenvalue weighted by atomic mass is 9.87. The minimum atomic E-state index is -0.527. The van der Waals surface area contributed by atoms with Crippen LogP contribution in [0, 0.1) is 5.92 Å². The van der Waals surface area contributed by atoms with Gasteiger partial charge in [-0.1, -0.05) is 18.5 Å². The van der Waals surface area contributed by atoms with Gasteiger partial charge in [0.2, 0.25) is 11.8 Å². The molecule has 0 bridgehead atoms. The van der Waals surface area contributed by atoms with E-state index in [0.717, 1.165) is 31.6 Å². The van der Waals surface area contributed by atoms with E-state index in [2.05, 4.69) is 17.6 Å². The molecule has 0 aromatic heterocycles. The van der Waals surface area contributed by atoms with Crippen molar-refractivity contribution in [2.45, 2.75) is 38.6 Å². The van der Waals surface area contributed by atoms with Crippen LogP contribution in [0.4, 0.5) is 5.69 Å². The van der Waals surface area contributed by atoms with E-state index in [-0.39, 0.29) is 18.5 Å². The second kappa shape index (κ2) is 7.49. The van der Waals surface area contributed by atoms with Gasteiger partial charge >= 0.3 is 0 Å². The number of nitrogens with two attached hydrogens (primary N) is 1. The van der Waals surface area contributed by atoms with Gasteiger partial charge in [0.05, 0.1) is 17.3 Å². The van der Waals surface area contributed by atoms with Gasteiger partial charge in [-0.15, -0.1) is 0 Å². The molecule has 0 aliphatic heterocycles. The largest absolute Gasteiger partial charge is 0.375 e. The Balaban J connectivity index is 1.85. The van der Waals surface area contributed by atoms with Crippen LogP contribution in [0.15, 0.2) is 18.2 Å². The number of benzene rings is 1. The zero-order chi connectivity index (χ0) is 16.1. The minimum absolute atomic E-state index is 0.0694. The minimum Gasteiger partial charge on any atom is -0.375 e. The van der Waals surface area contributed by atoms with Crippen molar-refractivity contribution in [1.29, 1.82) is 0 Å². The van der Waals surface area contributed by atoms with Crippen molar-refractivity contribution in [3.05, 3.63) is 28.8 Å². The fourth-order valence-electron chi connectivity index (χ4n) is 2.67. The summed E-state index contributed by atoms with van der Waals surface area (Å²) >= 11 is 6.05. The molecule has 1 aromatic rings. The second-order valence-electron chi connectivity index (χ2n) is 5.94. The van der Waals surface area contributed by atoms with Gasteiger partial charge in [-0.3, -0.25) is 9.59 Å². The molecular formula is C16H22ClN3O2. The highest BCUT2D eigenvalue weighted by atomic mass is 35.5. The molecule has 4 N–H and O–H groups in total. The summed E-state index contributed by atoms with van der Waals surface area (Å²) < 4.78 is 0. The van der Waals surface area contributed by atoms with Crippen LogP contribution in [0.3, 0.4) is 0 Å². The summed E-state index contributed by atoms with van der Waals surface area (Å²) in [6.45, 7) is 2.36. The molecule has 0 spiro atoms. The Morgan fingerprint density at radius 2 is 1.95 bits per heavy atom. The van der Waals surface area contributed by atoms with Crippen LogP contribution in [-0.2, 0) is 4.79 Å². The van der Waals surface area contributed by atoms with Crippen molar-refractivity contribution in [3.63, 3.8) is 0 Å². The van der Waals surface area contributed by atoms with Crippen LogP contribution in [0.2, 0.25) is 5.02 Å². The number of halogens is 1. The second-order valence-corrected chi connectivity index (χ2v) is 6.34. The third-order valence-corrected chi connectivity index (χ3v) is 4.40. The monoisotopic (exact) mass is 323 g/mol. The molecule has 0 atom stereocenters. The zero-order valence-electron chi connectivity index (χ0n) is 12.7. The highest BCUT2D eigenvalue weighted by Gasteiger charge is 2.19. The number of primary amides is 1. The van der Waals surface area contributed by atoms with E-state index in [1.807, 2.05) is 0 Å². The summed E-state index contributed by atoms with van der Waals surface area (Å²) in [7, 11) is 0. The molecule has 0 heterocycles. The van der Waals surface area contributed by atoms with Gasteiger partial charge in [-0.2, -0.15) is 0 Å². The molecule has 0 radical (unpaired) electrons. The zero-order valence-corrected chi connectivity index (χ0v) is 13.5. The first kappa shape index (κ1) is 16.6. The van der Waals surface area contributed by atoms with Crippen LogP contribution in [0.25, 0.3) is 0 Å². The summed E-state index contributed by atoms with van der Waals surface area (Å²) in [5.74, 6) is 0.155. The Bertz CT molecular complexity index is 554. The van der Waals surface area contributed by atoms with Gasteiger partial charge in [0.1, 0.15) is 0 Å². The molecule has 1 aromatic carbocycles. The molecule has 1 aliphatic carbocycles. The molecule has 1 saturated carbocycles. The Hall–Kier alpha value is -1.75. The number of hydrogen-bond donors (Lipinski definition) is 3. The van der Waals surface area contributed by atoms with Crippen molar-refractivity contribution in [1.82, 2.24) is 5.32 Å². The van der Waals surface area contributed by atoms with E-state index in [9.17, 15) is 9.59 Å². The topological polar surface area (TPSA) is 84.2 Å². The quantitative estimate of drug-likeness (QED) is 0.778. The van der Waals surface area contributed by atoms with Gasteiger partial charge in [-0.25, -0.2) is 0 Å². The molecule has 1 fully saturated rings. The SMILES string of the molecule is CC1CCC(NC(=O)CNc2cc(C(N)=O)ccc2Cl)CC1. The number of anilines is 1. The van der Waals surface area contributed by atoms with Crippen LogP contribution in [-0.4, -0.2) is 24.4 Å². The van der Waals surface area contributed by atoms with E-state index >= 15 is 0 Å². The summed E-state index contributed by atoms with van der Waals surface area (Å²) in [6.07, 6.45) is 4.38. The highest BCUT2D eigenvalue weighted by Crippen LogP contribution is 2.24. The first-order valence-corrected chi connectivity index (χ1v) is 7.96. The molecular weight excluding hydrogens is 302 g/mol. The number of carbonyl (C=O) groups excluding carboxylic acids is 2. The van der Waals surface area contributed by atoms with Crippen LogP contribution in [0.5, 0.6) is 0 Å². The normalized spacial score (nSPS) is 21.2. The van der Waals surface area contributed by atoms with Crippen LogP contribution in [0.1, 0.15) is 43.0 Å². The Kier molecular flexibility index (Phi) is 5.66. The van der Waals surface area contributed by atoms with Crippen molar-refractivity contribution >= 4 is 29.1 Å². The van der Waals surface area contributed by atoms with E-state index in [0.29, 0.717) is 16.3 Å². The van der Waals surface area contributed by atoms with Crippen LogP contribution < -0.4 is 16.4 Å². The first-order valence-electron chi connectivity index (χ1n) is 7.58. The Morgan fingerprint density at radius 1 is 1.27 bits per heavy atom. The van der Waals surface area contributed by atoms with Gasteiger partial charge in [0.25, 0.3) is 0 Å². The third kappa shape index (κ3) is 4.63. The highest BCUT2D eigenvalue weighted by molar-refractivity contribution is 6.33. The molecule has 0 unspecified atom stereocenters. The van der Waals surface area contributed by atoms with Gasteiger partial charge < -0.3 is 16.4 Å². The standard InChI is InChI=1S/C16H22ClN3O2/c1-10-2-5-12(6-3-10)20-15(21)9-19-14-8-11(16(18)22)4-7-13(14)17/h4,7-8,10,12,19H,2-3,5-6,9H2,1H3,(H2,18,22)(H,20,21). The molecule has 2 rings (SSSR count). The summed E-state index contributed by atoms with van der Waals surface area (Å²) in [4.78, 5) is 23.2. The fraction of sp³-hybridized carbons (Fsp3) is 0.500. The van der Waals surface area contributed by atoms with E-state index in [1.54, 1.807) is 18.2 Å². The van der Waals surface area contributed by atoms with Crippen molar-refractivity contribution in [2.75, 3.05) is 11.9 Å². The van der Waals surface area contributed by atoms with Gasteiger partial charge in [-0.05, 0) is 49.8 Å². The molecule has 120 valence electrons. The predicted octanol–water partition coefficient (Wildman–Crippen LogP) is 2.55. The third-order valence-electron chi connectivity index (χ3n) is 4.07. The van der Waals surface area contributed by atoms with Gasteiger partial charge in [0.15, 0.2) is 0 Å². The number of nitrogens with one attached hydrogen (secondary N) is 2. The lowest BCUT2D eigenvalue weighted by molar-refractivity contribution is -0.120. The fourth-order valence-corrected chi connectivity index (χ4v) is 2.86. The van der Waals surface area contributed by atoms with Crippen LogP contribution >= 0.6 is 11.6 Å². The van der Waals surface area contributed by atoms with E-state index in [4.69, 9.17) is 17.3 Å². The molecule has 0 saturated heterocycles. The molecule has 1 aliphatic rings. The maximum absolute atomic E-state index is 12.0. The van der Waals surface area contributed by atoms with E-state index in [1.165, 1.54) is 0 Å². The Labute approximate surface area is 135 Å². The summed E-state index contributed by atoms with van der Waals surface area (Å²) in [5.41, 5.74) is 6.12. The van der Waals surface area contributed by atoms with Crippen molar-refractivity contribution in [2.24, 2.45) is 11.7 Å². The van der Waals surface area contributed by atoms with Crippen molar-refractivity contribution < 1.29 is 9.59 Å². The van der Waals surface area contributed by atoms with Gasteiger partial charge in [0, 0.05) is 11.6 Å². The molecule has 5 nitrogen and oxygen atoms in total. The molecule has 2 amide bonds. The van der Waals surface area contributed by atoms with Crippen molar-refractivity contribution in [3.8, 4) is 0 Å². The molecule has 6 heteroatoms. The number of amides is 2. The summed E-state index contributed by atoms with van der Waals surface area (Å²) in [6, 6.07) is 4.96. The smallest absolute Gasteiger partial charge is 0.248 e. The maximum Gasteiger partial charge on any atom is 0.248 e. The lowest BCUT2D eigenvalue weighted by Crippen LogP contribution is -2.40. The average Bonchev–Trinajstić information content (AvgIpc) is 2.48. The number of carbonyl (C=O) groups is 2.